The summed E-state index contributed by atoms with van der Waals surface area (Å²) in [5, 5.41) is 4.31. The molecule has 0 aliphatic carbocycles. The standard InChI is InChI=1S/C12H17N5O/c1-5-8-6-9(13)15-11(14-8)10-7(2)16-17(3)12(10)18-4/h6H,5H2,1-4H3,(H2,13,14,15). The van der Waals surface area contributed by atoms with Gasteiger partial charge in [-0.15, -0.1) is 0 Å². The summed E-state index contributed by atoms with van der Waals surface area (Å²) in [6, 6.07) is 1.78. The summed E-state index contributed by atoms with van der Waals surface area (Å²) in [5.41, 5.74) is 8.32. The van der Waals surface area contributed by atoms with Crippen molar-refractivity contribution in [2.45, 2.75) is 20.3 Å². The summed E-state index contributed by atoms with van der Waals surface area (Å²) in [4.78, 5) is 8.75. The molecule has 0 unspecified atom stereocenters. The fourth-order valence-electron chi connectivity index (χ4n) is 1.94. The highest BCUT2D eigenvalue weighted by atomic mass is 16.5. The van der Waals surface area contributed by atoms with Crippen LogP contribution in [-0.4, -0.2) is 26.9 Å². The van der Waals surface area contributed by atoms with Gasteiger partial charge in [-0.3, -0.25) is 0 Å². The highest BCUT2D eigenvalue weighted by molar-refractivity contribution is 5.66. The predicted octanol–water partition coefficient (Wildman–Crippen LogP) is 1.34. The van der Waals surface area contributed by atoms with Crippen LogP contribution in [0.1, 0.15) is 18.3 Å². The van der Waals surface area contributed by atoms with Gasteiger partial charge in [0.05, 0.1) is 12.8 Å². The van der Waals surface area contributed by atoms with E-state index in [2.05, 4.69) is 15.1 Å². The molecule has 0 fully saturated rings. The van der Waals surface area contributed by atoms with Crippen molar-refractivity contribution in [3.63, 3.8) is 0 Å². The maximum atomic E-state index is 5.80. The van der Waals surface area contributed by atoms with Crippen LogP contribution in [0.4, 0.5) is 5.82 Å². The van der Waals surface area contributed by atoms with E-state index in [-0.39, 0.29) is 0 Å². The third kappa shape index (κ3) is 2.01. The van der Waals surface area contributed by atoms with Crippen molar-refractivity contribution < 1.29 is 4.74 Å². The van der Waals surface area contributed by atoms with Gasteiger partial charge in [0.15, 0.2) is 5.82 Å². The zero-order chi connectivity index (χ0) is 13.3. The first kappa shape index (κ1) is 12.3. The molecule has 18 heavy (non-hydrogen) atoms. The molecule has 0 atom stereocenters. The van der Waals surface area contributed by atoms with Crippen molar-refractivity contribution in [3.05, 3.63) is 17.5 Å². The molecule has 0 spiro atoms. The van der Waals surface area contributed by atoms with E-state index in [1.54, 1.807) is 17.9 Å². The van der Waals surface area contributed by atoms with E-state index in [4.69, 9.17) is 10.5 Å². The number of nitrogens with two attached hydrogens (primary N) is 1. The average molecular weight is 247 g/mol. The Kier molecular flexibility index (Phi) is 3.18. The van der Waals surface area contributed by atoms with Crippen LogP contribution in [0.5, 0.6) is 5.88 Å². The number of nitrogens with zero attached hydrogens (tertiary/aromatic N) is 4. The highest BCUT2D eigenvalue weighted by Crippen LogP contribution is 2.30. The van der Waals surface area contributed by atoms with Crippen LogP contribution < -0.4 is 10.5 Å². The molecule has 0 aromatic carbocycles. The molecule has 2 aromatic heterocycles. The molecule has 0 saturated carbocycles. The lowest BCUT2D eigenvalue weighted by Crippen LogP contribution is -2.01. The molecule has 0 amide bonds. The molecule has 2 rings (SSSR count). The number of anilines is 1. The van der Waals surface area contributed by atoms with Gasteiger partial charge in [0.25, 0.3) is 0 Å². The Morgan fingerprint density at radius 2 is 2.11 bits per heavy atom. The van der Waals surface area contributed by atoms with Crippen molar-refractivity contribution in [2.24, 2.45) is 7.05 Å². The highest BCUT2D eigenvalue weighted by Gasteiger charge is 2.19. The average Bonchev–Trinajstić information content (AvgIpc) is 2.62. The van der Waals surface area contributed by atoms with E-state index in [9.17, 15) is 0 Å². The number of aromatic nitrogens is 4. The summed E-state index contributed by atoms with van der Waals surface area (Å²) in [6.07, 6.45) is 0.807. The molecule has 2 N–H and O–H groups in total. The predicted molar refractivity (Wildman–Crippen MR) is 69.3 cm³/mol. The van der Waals surface area contributed by atoms with Crippen LogP contribution in [0.2, 0.25) is 0 Å². The smallest absolute Gasteiger partial charge is 0.222 e. The molecular formula is C12H17N5O. The third-order valence-corrected chi connectivity index (χ3v) is 2.75. The number of aryl methyl sites for hydroxylation is 3. The third-order valence-electron chi connectivity index (χ3n) is 2.75. The number of methoxy groups -OCH3 is 1. The zero-order valence-corrected chi connectivity index (χ0v) is 11.1. The van der Waals surface area contributed by atoms with Gasteiger partial charge in [-0.25, -0.2) is 14.6 Å². The lowest BCUT2D eigenvalue weighted by molar-refractivity contribution is 0.374. The van der Waals surface area contributed by atoms with Crippen LogP contribution >= 0.6 is 0 Å². The monoisotopic (exact) mass is 247 g/mol. The van der Waals surface area contributed by atoms with Gasteiger partial charge in [0.1, 0.15) is 11.4 Å². The van der Waals surface area contributed by atoms with Crippen molar-refractivity contribution in [2.75, 3.05) is 12.8 Å². The van der Waals surface area contributed by atoms with Crippen LogP contribution in [0.25, 0.3) is 11.4 Å². The number of hydrogen-bond donors (Lipinski definition) is 1. The van der Waals surface area contributed by atoms with Crippen molar-refractivity contribution >= 4 is 5.82 Å². The van der Waals surface area contributed by atoms with Crippen LogP contribution in [0.3, 0.4) is 0 Å². The second-order valence-electron chi connectivity index (χ2n) is 4.05. The molecule has 0 aliphatic heterocycles. The van der Waals surface area contributed by atoms with Crippen molar-refractivity contribution in [3.8, 4) is 17.3 Å². The van der Waals surface area contributed by atoms with Gasteiger partial charge in [-0.2, -0.15) is 5.10 Å². The van der Waals surface area contributed by atoms with Gasteiger partial charge in [-0.05, 0) is 13.3 Å². The lowest BCUT2D eigenvalue weighted by atomic mass is 10.2. The molecule has 6 nitrogen and oxygen atoms in total. The number of rotatable bonds is 3. The molecule has 2 aromatic rings. The van der Waals surface area contributed by atoms with E-state index in [1.165, 1.54) is 0 Å². The maximum absolute atomic E-state index is 5.80. The fraction of sp³-hybridized carbons (Fsp3) is 0.417. The Balaban J connectivity index is 2.64. The van der Waals surface area contributed by atoms with Crippen LogP contribution in [0.15, 0.2) is 6.07 Å². The molecule has 96 valence electrons. The second kappa shape index (κ2) is 4.64. The Bertz CT molecular complexity index is 576. The van der Waals surface area contributed by atoms with E-state index in [0.29, 0.717) is 17.5 Å². The Hall–Kier alpha value is -2.11. The first-order valence-electron chi connectivity index (χ1n) is 5.78. The number of nitrogen functional groups attached to an aromatic ring is 1. The van der Waals surface area contributed by atoms with Gasteiger partial charge in [0.2, 0.25) is 5.88 Å². The van der Waals surface area contributed by atoms with Crippen LogP contribution in [-0.2, 0) is 13.5 Å². The zero-order valence-electron chi connectivity index (χ0n) is 11.1. The van der Waals surface area contributed by atoms with E-state index >= 15 is 0 Å². The van der Waals surface area contributed by atoms with Crippen molar-refractivity contribution in [1.29, 1.82) is 0 Å². The van der Waals surface area contributed by atoms with Crippen molar-refractivity contribution in [1.82, 2.24) is 19.7 Å². The van der Waals surface area contributed by atoms with Crippen LogP contribution in [0, 0.1) is 6.92 Å². The maximum Gasteiger partial charge on any atom is 0.222 e. The number of hydrogen-bond acceptors (Lipinski definition) is 5. The summed E-state index contributed by atoms with van der Waals surface area (Å²) in [5.74, 6) is 1.66. The normalized spacial score (nSPS) is 10.7. The summed E-state index contributed by atoms with van der Waals surface area (Å²) < 4.78 is 7.01. The molecular weight excluding hydrogens is 230 g/mol. The van der Waals surface area contributed by atoms with E-state index in [1.807, 2.05) is 20.9 Å². The largest absolute Gasteiger partial charge is 0.481 e. The molecule has 0 aliphatic rings. The van der Waals surface area contributed by atoms with E-state index < -0.39 is 0 Å². The Morgan fingerprint density at radius 1 is 1.39 bits per heavy atom. The lowest BCUT2D eigenvalue weighted by Gasteiger charge is -2.06. The Morgan fingerprint density at radius 3 is 2.72 bits per heavy atom. The van der Waals surface area contributed by atoms with Gasteiger partial charge < -0.3 is 10.5 Å². The topological polar surface area (TPSA) is 78.8 Å². The molecule has 2 heterocycles. The summed E-state index contributed by atoms with van der Waals surface area (Å²) in [7, 11) is 3.43. The van der Waals surface area contributed by atoms with E-state index in [0.717, 1.165) is 23.4 Å². The minimum absolute atomic E-state index is 0.460. The fourth-order valence-corrected chi connectivity index (χ4v) is 1.94. The molecule has 0 bridgehead atoms. The quantitative estimate of drug-likeness (QED) is 0.885. The first-order valence-corrected chi connectivity index (χ1v) is 5.78. The molecule has 0 saturated heterocycles. The van der Waals surface area contributed by atoms with Gasteiger partial charge in [-0.1, -0.05) is 6.92 Å². The van der Waals surface area contributed by atoms with Gasteiger partial charge in [0, 0.05) is 18.8 Å². The second-order valence-corrected chi connectivity index (χ2v) is 4.05. The summed E-state index contributed by atoms with van der Waals surface area (Å²) in [6.45, 7) is 3.93. The molecule has 6 heteroatoms. The van der Waals surface area contributed by atoms with Gasteiger partial charge >= 0.3 is 0 Å². The number of ether oxygens (including phenoxy) is 1. The minimum Gasteiger partial charge on any atom is -0.481 e. The summed E-state index contributed by atoms with van der Waals surface area (Å²) >= 11 is 0. The SMILES string of the molecule is CCc1cc(N)nc(-c2c(C)nn(C)c2OC)n1. The first-order chi connectivity index (χ1) is 8.56. The minimum atomic E-state index is 0.460. The molecule has 0 radical (unpaired) electrons. The Labute approximate surface area is 106 Å².